The smallest absolute Gasteiger partial charge is 0.157 e. The van der Waals surface area contributed by atoms with Gasteiger partial charge in [-0.05, 0) is 41.0 Å². The maximum Gasteiger partial charge on any atom is 0.157 e. The maximum atomic E-state index is 13.8. The minimum atomic E-state index is -0.273. The van der Waals surface area contributed by atoms with E-state index in [2.05, 4.69) is 31.1 Å². The summed E-state index contributed by atoms with van der Waals surface area (Å²) in [6.07, 6.45) is 9.59. The summed E-state index contributed by atoms with van der Waals surface area (Å²) in [5.74, 6) is 0.398. The van der Waals surface area contributed by atoms with Gasteiger partial charge in [0, 0.05) is 43.2 Å². The number of rotatable bonds is 6. The zero-order chi connectivity index (χ0) is 24.3. The molecule has 1 fully saturated rings. The molecule has 0 amide bonds. The molecule has 0 bridgehead atoms. The molecule has 8 heteroatoms. The second kappa shape index (κ2) is 9.85. The van der Waals surface area contributed by atoms with Crippen LogP contribution in [-0.2, 0) is 11.3 Å². The van der Waals surface area contributed by atoms with E-state index >= 15 is 0 Å². The molecule has 4 heterocycles. The van der Waals surface area contributed by atoms with E-state index in [4.69, 9.17) is 9.72 Å². The molecule has 3 aromatic heterocycles. The van der Waals surface area contributed by atoms with Crippen LogP contribution in [0.2, 0.25) is 0 Å². The van der Waals surface area contributed by atoms with Crippen molar-refractivity contribution in [3.8, 4) is 22.6 Å². The summed E-state index contributed by atoms with van der Waals surface area (Å²) < 4.78 is 19.3. The van der Waals surface area contributed by atoms with Crippen LogP contribution in [0.25, 0.3) is 45.8 Å². The molecule has 0 unspecified atom stereocenters. The number of aromatic amines is 2. The van der Waals surface area contributed by atoms with Crippen LogP contribution in [-0.4, -0.2) is 56.4 Å². The standard InChI is InChI=1S/C28H25FN6O/c29-23-4-1-3-21(14-23)24-5-2-6-25-27(24)33-28(32-25)26-22(17-31-34-26)8-7-19-13-20(16-30-15-19)18-35-9-11-36-12-10-35/h1-8,13-17H,9-12,18H2,(H,31,34)(H,32,33)/b8-7+. The average Bonchev–Trinajstić information content (AvgIpc) is 3.55. The number of halogens is 1. The van der Waals surface area contributed by atoms with E-state index in [1.165, 1.54) is 17.7 Å². The lowest BCUT2D eigenvalue weighted by molar-refractivity contribution is 0.0341. The summed E-state index contributed by atoms with van der Waals surface area (Å²) in [4.78, 5) is 15.0. The highest BCUT2D eigenvalue weighted by Gasteiger charge is 2.14. The van der Waals surface area contributed by atoms with Gasteiger partial charge in [-0.1, -0.05) is 36.4 Å². The van der Waals surface area contributed by atoms with Gasteiger partial charge in [-0.15, -0.1) is 0 Å². The highest BCUT2D eigenvalue weighted by molar-refractivity contribution is 5.94. The molecule has 0 radical (unpaired) electrons. The zero-order valence-corrected chi connectivity index (χ0v) is 19.6. The van der Waals surface area contributed by atoms with Crippen LogP contribution in [0.1, 0.15) is 16.7 Å². The molecular formula is C28H25FN6O. The predicted octanol–water partition coefficient (Wildman–Crippen LogP) is 5.16. The van der Waals surface area contributed by atoms with Crippen LogP contribution >= 0.6 is 0 Å². The van der Waals surface area contributed by atoms with Crippen molar-refractivity contribution in [1.82, 2.24) is 30.0 Å². The molecule has 5 aromatic rings. The van der Waals surface area contributed by atoms with Crippen molar-refractivity contribution in [2.24, 2.45) is 0 Å². The van der Waals surface area contributed by atoms with E-state index in [9.17, 15) is 4.39 Å². The van der Waals surface area contributed by atoms with Crippen LogP contribution in [0.15, 0.2) is 67.1 Å². The van der Waals surface area contributed by atoms with Gasteiger partial charge in [-0.25, -0.2) is 9.37 Å². The van der Waals surface area contributed by atoms with Gasteiger partial charge >= 0.3 is 0 Å². The minimum absolute atomic E-state index is 0.273. The second-order valence-electron chi connectivity index (χ2n) is 8.85. The van der Waals surface area contributed by atoms with Gasteiger partial charge in [0.25, 0.3) is 0 Å². The van der Waals surface area contributed by atoms with Crippen LogP contribution in [0.4, 0.5) is 4.39 Å². The van der Waals surface area contributed by atoms with Gasteiger partial charge in [-0.2, -0.15) is 5.10 Å². The number of H-pyrrole nitrogens is 2. The number of morpholine rings is 1. The van der Waals surface area contributed by atoms with Crippen molar-refractivity contribution >= 4 is 23.2 Å². The number of nitrogens with zero attached hydrogens (tertiary/aromatic N) is 4. The van der Waals surface area contributed by atoms with Gasteiger partial charge < -0.3 is 9.72 Å². The van der Waals surface area contributed by atoms with Crippen molar-refractivity contribution < 1.29 is 9.13 Å². The molecule has 1 aliphatic rings. The van der Waals surface area contributed by atoms with Crippen molar-refractivity contribution in [3.63, 3.8) is 0 Å². The van der Waals surface area contributed by atoms with Crippen LogP contribution in [0.3, 0.4) is 0 Å². The number of para-hydroxylation sites is 1. The highest BCUT2D eigenvalue weighted by atomic mass is 19.1. The molecule has 0 atom stereocenters. The largest absolute Gasteiger partial charge is 0.379 e. The highest BCUT2D eigenvalue weighted by Crippen LogP contribution is 2.30. The third kappa shape index (κ3) is 4.68. The van der Waals surface area contributed by atoms with Crippen molar-refractivity contribution in [2.75, 3.05) is 26.3 Å². The summed E-state index contributed by atoms with van der Waals surface area (Å²) in [5.41, 5.74) is 7.19. The lowest BCUT2D eigenvalue weighted by atomic mass is 10.0. The molecule has 180 valence electrons. The normalized spacial score (nSPS) is 14.7. The van der Waals surface area contributed by atoms with E-state index in [1.54, 1.807) is 12.3 Å². The number of nitrogens with one attached hydrogen (secondary N) is 2. The fourth-order valence-electron chi connectivity index (χ4n) is 4.54. The van der Waals surface area contributed by atoms with Gasteiger partial charge in [0.1, 0.15) is 11.5 Å². The van der Waals surface area contributed by atoms with Gasteiger partial charge in [-0.3, -0.25) is 15.0 Å². The Labute approximate surface area is 207 Å². The quantitative estimate of drug-likeness (QED) is 0.351. The number of ether oxygens (including phenoxy) is 1. The fraction of sp³-hybridized carbons (Fsp3) is 0.179. The molecule has 6 rings (SSSR count). The van der Waals surface area contributed by atoms with Crippen molar-refractivity contribution in [1.29, 1.82) is 0 Å². The van der Waals surface area contributed by atoms with Crippen molar-refractivity contribution in [2.45, 2.75) is 6.54 Å². The number of imidazole rings is 1. The lowest BCUT2D eigenvalue weighted by Gasteiger charge is -2.26. The SMILES string of the molecule is Fc1cccc(-c2cccc3[nH]c(-c4[nH]ncc4/C=C/c4cncc(CN5CCOCC5)c4)nc23)c1. The van der Waals surface area contributed by atoms with E-state index in [0.717, 1.165) is 71.8 Å². The molecule has 2 N–H and O–H groups in total. The number of fused-ring (bicyclic) bond motifs is 1. The first-order chi connectivity index (χ1) is 17.7. The molecule has 36 heavy (non-hydrogen) atoms. The third-order valence-electron chi connectivity index (χ3n) is 6.34. The molecule has 7 nitrogen and oxygen atoms in total. The summed E-state index contributed by atoms with van der Waals surface area (Å²) in [6.45, 7) is 4.30. The summed E-state index contributed by atoms with van der Waals surface area (Å²) in [7, 11) is 0. The topological polar surface area (TPSA) is 82.7 Å². The molecule has 2 aromatic carbocycles. The first-order valence-corrected chi connectivity index (χ1v) is 11.9. The molecule has 0 aliphatic carbocycles. The minimum Gasteiger partial charge on any atom is -0.379 e. The molecule has 1 saturated heterocycles. The van der Waals surface area contributed by atoms with E-state index in [0.29, 0.717) is 5.82 Å². The first kappa shape index (κ1) is 22.3. The van der Waals surface area contributed by atoms with Gasteiger partial charge in [0.15, 0.2) is 5.82 Å². The molecular weight excluding hydrogens is 455 g/mol. The molecule has 1 aliphatic heterocycles. The third-order valence-corrected chi connectivity index (χ3v) is 6.34. The van der Waals surface area contributed by atoms with E-state index < -0.39 is 0 Å². The second-order valence-corrected chi connectivity index (χ2v) is 8.85. The Balaban J connectivity index is 1.27. The van der Waals surface area contributed by atoms with Gasteiger partial charge in [0.05, 0.1) is 30.4 Å². The summed E-state index contributed by atoms with van der Waals surface area (Å²) >= 11 is 0. The zero-order valence-electron chi connectivity index (χ0n) is 19.6. The predicted molar refractivity (Wildman–Crippen MR) is 138 cm³/mol. The number of hydrogen-bond acceptors (Lipinski definition) is 5. The Morgan fingerprint density at radius 3 is 2.78 bits per heavy atom. The number of benzene rings is 2. The average molecular weight is 481 g/mol. The maximum absolute atomic E-state index is 13.8. The Kier molecular flexibility index (Phi) is 6.11. The fourth-order valence-corrected chi connectivity index (χ4v) is 4.54. The Morgan fingerprint density at radius 1 is 1.00 bits per heavy atom. The monoisotopic (exact) mass is 480 g/mol. The lowest BCUT2D eigenvalue weighted by Crippen LogP contribution is -2.35. The van der Waals surface area contributed by atoms with Crippen LogP contribution < -0.4 is 0 Å². The summed E-state index contributed by atoms with van der Waals surface area (Å²) in [5, 5.41) is 7.31. The van der Waals surface area contributed by atoms with Gasteiger partial charge in [0.2, 0.25) is 0 Å². The number of aromatic nitrogens is 5. The van der Waals surface area contributed by atoms with Crippen LogP contribution in [0, 0.1) is 5.82 Å². The first-order valence-electron chi connectivity index (χ1n) is 11.9. The Hall–Kier alpha value is -4.14. The molecule has 0 spiro atoms. The number of pyridine rings is 1. The van der Waals surface area contributed by atoms with Crippen molar-refractivity contribution in [3.05, 3.63) is 89.6 Å². The number of hydrogen-bond donors (Lipinski definition) is 2. The Bertz CT molecular complexity index is 1530. The van der Waals surface area contributed by atoms with E-state index in [-0.39, 0.29) is 5.82 Å². The molecule has 0 saturated carbocycles. The van der Waals surface area contributed by atoms with E-state index in [1.807, 2.05) is 48.8 Å². The Morgan fingerprint density at radius 2 is 1.89 bits per heavy atom. The summed E-state index contributed by atoms with van der Waals surface area (Å²) in [6, 6.07) is 14.6. The van der Waals surface area contributed by atoms with Crippen LogP contribution in [0.5, 0.6) is 0 Å².